The first-order chi connectivity index (χ1) is 16.7. The number of carbonyl (C=O) groups is 2. The summed E-state index contributed by atoms with van der Waals surface area (Å²) < 4.78 is 34.1. The van der Waals surface area contributed by atoms with Crippen molar-refractivity contribution in [2.75, 3.05) is 13.1 Å². The molecule has 0 unspecified atom stereocenters. The molecule has 1 aliphatic rings. The monoisotopic (exact) mass is 498 g/mol. The lowest BCUT2D eigenvalue weighted by molar-refractivity contribution is -0.150. The van der Waals surface area contributed by atoms with Crippen LogP contribution in [-0.4, -0.2) is 54.0 Å². The molecule has 35 heavy (non-hydrogen) atoms. The molecule has 2 aromatic carbocycles. The fraction of sp³-hybridized carbons (Fsp3) is 0.292. The van der Waals surface area contributed by atoms with Gasteiger partial charge in [0.05, 0.1) is 23.5 Å². The zero-order chi connectivity index (χ0) is 25.2. The second kappa shape index (κ2) is 9.61. The number of pyridine rings is 1. The number of rotatable bonds is 8. The van der Waals surface area contributed by atoms with Gasteiger partial charge >= 0.3 is 0 Å². The van der Waals surface area contributed by atoms with Crippen LogP contribution < -0.4 is 14.9 Å². The number of hydroxylamine groups is 1. The lowest BCUT2D eigenvalue weighted by atomic mass is 9.90. The predicted octanol–water partition coefficient (Wildman–Crippen LogP) is 1.90. The minimum absolute atomic E-state index is 0.0829. The summed E-state index contributed by atoms with van der Waals surface area (Å²) in [5.74, 6) is -0.682. The number of aryl methyl sites for hydroxylation is 1. The Morgan fingerprint density at radius 2 is 1.83 bits per heavy atom. The number of likely N-dealkylation sites (tertiary alicyclic amines) is 1. The van der Waals surface area contributed by atoms with Gasteiger partial charge in [0.15, 0.2) is 0 Å². The highest BCUT2D eigenvalue weighted by atomic mass is 32.2. The van der Waals surface area contributed by atoms with Crippen molar-refractivity contribution in [3.63, 3.8) is 0 Å². The van der Waals surface area contributed by atoms with Crippen LogP contribution in [0.2, 0.25) is 0 Å². The molecule has 0 saturated carbocycles. The van der Waals surface area contributed by atoms with Gasteiger partial charge in [-0.25, -0.2) is 13.9 Å². The van der Waals surface area contributed by atoms with Crippen LogP contribution >= 0.6 is 0 Å². The molecule has 2 amide bonds. The Kier molecular flexibility index (Phi) is 6.75. The Hall–Kier alpha value is -3.54. The van der Waals surface area contributed by atoms with Crippen LogP contribution in [0.1, 0.15) is 24.6 Å². The van der Waals surface area contributed by atoms with Crippen molar-refractivity contribution in [3.05, 3.63) is 65.9 Å². The van der Waals surface area contributed by atoms with Crippen molar-refractivity contribution in [2.24, 2.45) is 0 Å². The van der Waals surface area contributed by atoms with E-state index in [-0.39, 0.29) is 36.9 Å². The van der Waals surface area contributed by atoms with E-state index >= 15 is 0 Å². The molecule has 4 rings (SSSR count). The maximum Gasteiger partial charge on any atom is 0.268 e. The fourth-order valence-corrected chi connectivity index (χ4v) is 5.42. The molecule has 3 N–H and O–H groups in total. The third kappa shape index (κ3) is 4.97. The minimum atomic E-state index is -4.13. The zero-order valence-corrected chi connectivity index (χ0v) is 20.1. The van der Waals surface area contributed by atoms with Crippen molar-refractivity contribution < 1.29 is 28.0 Å². The molecular weight excluding hydrogens is 472 g/mol. The van der Waals surface area contributed by atoms with Crippen molar-refractivity contribution in [1.82, 2.24) is 20.1 Å². The number of hydrogen-bond donors (Lipinski definition) is 3. The van der Waals surface area contributed by atoms with E-state index in [0.717, 1.165) is 22.2 Å². The van der Waals surface area contributed by atoms with Gasteiger partial charge in [-0.15, -0.1) is 0 Å². The zero-order valence-electron chi connectivity index (χ0n) is 19.3. The van der Waals surface area contributed by atoms with Crippen LogP contribution in [0.15, 0.2) is 59.5 Å². The average molecular weight is 499 g/mol. The van der Waals surface area contributed by atoms with Gasteiger partial charge in [-0.05, 0) is 43.3 Å². The van der Waals surface area contributed by atoms with Crippen LogP contribution in [0.25, 0.3) is 10.9 Å². The Balaban J connectivity index is 1.47. The number of fused-ring (bicyclic) bond motifs is 1. The number of benzene rings is 2. The van der Waals surface area contributed by atoms with Gasteiger partial charge in [0.25, 0.3) is 5.91 Å². The van der Waals surface area contributed by atoms with Crippen LogP contribution in [-0.2, 0) is 26.2 Å². The Morgan fingerprint density at radius 1 is 1.14 bits per heavy atom. The van der Waals surface area contributed by atoms with Crippen molar-refractivity contribution >= 4 is 32.7 Å². The summed E-state index contributed by atoms with van der Waals surface area (Å²) in [6.45, 7) is 3.50. The summed E-state index contributed by atoms with van der Waals surface area (Å²) in [5.41, 5.74) is 2.54. The van der Waals surface area contributed by atoms with Crippen molar-refractivity contribution in [2.45, 2.75) is 37.3 Å². The Bertz CT molecular complexity index is 1370. The van der Waals surface area contributed by atoms with Crippen LogP contribution in [0, 0.1) is 6.92 Å². The molecule has 1 aliphatic heterocycles. The standard InChI is InChI=1S/C24H26N4O6S/c1-3-22(29)28-14-24(15-28,23(30)26-31)27-35(32,33)19-10-8-18(9-11-19)34-13-17-12-16(2)25-21-7-5-4-6-20(17)21/h4-12,27,31H,3,13-15H2,1-2H3,(H,26,30). The maximum absolute atomic E-state index is 13.0. The molecule has 0 atom stereocenters. The largest absolute Gasteiger partial charge is 0.489 e. The number of sulfonamides is 1. The lowest BCUT2D eigenvalue weighted by Gasteiger charge is -2.48. The first-order valence-electron chi connectivity index (χ1n) is 11.0. The topological polar surface area (TPSA) is 138 Å². The molecule has 0 bridgehead atoms. The third-order valence-corrected chi connectivity index (χ3v) is 7.45. The fourth-order valence-electron chi connectivity index (χ4n) is 4.07. The number of carbonyl (C=O) groups excluding carboxylic acids is 2. The molecule has 11 heteroatoms. The van der Waals surface area contributed by atoms with Gasteiger partial charge in [-0.1, -0.05) is 25.1 Å². The number of nitrogens with zero attached hydrogens (tertiary/aromatic N) is 2. The molecule has 1 saturated heterocycles. The minimum Gasteiger partial charge on any atom is -0.489 e. The summed E-state index contributed by atoms with van der Waals surface area (Å²) in [6.07, 6.45) is 0.222. The van der Waals surface area contributed by atoms with E-state index in [4.69, 9.17) is 9.94 Å². The van der Waals surface area contributed by atoms with Gasteiger partial charge in [0.2, 0.25) is 15.9 Å². The number of amides is 2. The van der Waals surface area contributed by atoms with Gasteiger partial charge in [0.1, 0.15) is 17.9 Å². The summed E-state index contributed by atoms with van der Waals surface area (Å²) in [5, 5.41) is 10.1. The van der Waals surface area contributed by atoms with E-state index in [1.165, 1.54) is 34.6 Å². The first kappa shape index (κ1) is 24.6. The number of hydrogen-bond acceptors (Lipinski definition) is 7. The Morgan fingerprint density at radius 3 is 2.49 bits per heavy atom. The van der Waals surface area contributed by atoms with Crippen LogP contribution in [0.4, 0.5) is 0 Å². The quantitative estimate of drug-likeness (QED) is 0.319. The predicted molar refractivity (Wildman–Crippen MR) is 127 cm³/mol. The van der Waals surface area contributed by atoms with Gasteiger partial charge < -0.3 is 9.64 Å². The number of ether oxygens (including phenoxy) is 1. The molecule has 0 spiro atoms. The van der Waals surface area contributed by atoms with Gasteiger partial charge in [0, 0.05) is 23.1 Å². The van der Waals surface area contributed by atoms with Crippen LogP contribution in [0.3, 0.4) is 0 Å². The smallest absolute Gasteiger partial charge is 0.268 e. The highest BCUT2D eigenvalue weighted by molar-refractivity contribution is 7.89. The van der Waals surface area contributed by atoms with E-state index in [1.54, 1.807) is 6.92 Å². The number of para-hydroxylation sites is 1. The number of aromatic nitrogens is 1. The van der Waals surface area contributed by atoms with E-state index in [2.05, 4.69) is 9.71 Å². The molecule has 1 fully saturated rings. The van der Waals surface area contributed by atoms with Crippen molar-refractivity contribution in [3.8, 4) is 5.75 Å². The molecule has 2 heterocycles. The molecule has 0 radical (unpaired) electrons. The van der Waals surface area contributed by atoms with Gasteiger partial charge in [-0.3, -0.25) is 19.8 Å². The second-order valence-electron chi connectivity index (χ2n) is 8.43. The summed E-state index contributed by atoms with van der Waals surface area (Å²) >= 11 is 0. The summed E-state index contributed by atoms with van der Waals surface area (Å²) in [7, 11) is -4.13. The maximum atomic E-state index is 13.0. The molecule has 10 nitrogen and oxygen atoms in total. The molecular formula is C24H26N4O6S. The molecule has 3 aromatic rings. The van der Waals surface area contributed by atoms with E-state index < -0.39 is 21.5 Å². The average Bonchev–Trinajstić information content (AvgIpc) is 2.83. The normalized spacial score (nSPS) is 14.9. The third-order valence-electron chi connectivity index (χ3n) is 5.90. The van der Waals surface area contributed by atoms with Gasteiger partial charge in [-0.2, -0.15) is 4.72 Å². The first-order valence-corrected chi connectivity index (χ1v) is 12.5. The van der Waals surface area contributed by atoms with E-state index in [1.807, 2.05) is 37.3 Å². The molecule has 0 aliphatic carbocycles. The lowest BCUT2D eigenvalue weighted by Crippen LogP contribution is -2.76. The SMILES string of the molecule is CCC(=O)N1CC(NS(=O)(=O)c2ccc(OCc3cc(C)nc4ccccc34)cc2)(C(=O)NO)C1. The second-order valence-corrected chi connectivity index (χ2v) is 10.1. The Labute approximate surface area is 202 Å². The highest BCUT2D eigenvalue weighted by Gasteiger charge is 2.53. The van der Waals surface area contributed by atoms with E-state index in [0.29, 0.717) is 5.75 Å². The molecule has 184 valence electrons. The number of nitrogens with one attached hydrogen (secondary N) is 2. The molecule has 1 aromatic heterocycles. The summed E-state index contributed by atoms with van der Waals surface area (Å²) in [4.78, 5) is 29.9. The van der Waals surface area contributed by atoms with E-state index in [9.17, 15) is 18.0 Å². The van der Waals surface area contributed by atoms with Crippen LogP contribution in [0.5, 0.6) is 5.75 Å². The summed E-state index contributed by atoms with van der Waals surface area (Å²) in [6, 6.07) is 15.5. The highest BCUT2D eigenvalue weighted by Crippen LogP contribution is 2.26. The van der Waals surface area contributed by atoms with Crippen molar-refractivity contribution in [1.29, 1.82) is 0 Å².